The number of hydrogen-bond donors (Lipinski definition) is 1. The van der Waals surface area contributed by atoms with Crippen molar-refractivity contribution in [2.75, 3.05) is 19.7 Å². The maximum atomic E-state index is 12.7. The topological polar surface area (TPSA) is 58.6 Å². The van der Waals surface area contributed by atoms with Gasteiger partial charge in [-0.3, -0.25) is 9.59 Å². The lowest BCUT2D eigenvalue weighted by Gasteiger charge is -2.27. The minimum Gasteiger partial charge on any atom is -0.494 e. The molecule has 1 aromatic carbocycles. The van der Waals surface area contributed by atoms with Gasteiger partial charge in [-0.2, -0.15) is 0 Å². The first kappa shape index (κ1) is 22.7. The van der Waals surface area contributed by atoms with Crippen LogP contribution in [0.2, 0.25) is 0 Å². The largest absolute Gasteiger partial charge is 0.494 e. The number of carbonyl (C=O) groups is 2. The molecule has 6 heteroatoms. The quantitative estimate of drug-likeness (QED) is 0.495. The molecule has 2 unspecified atom stereocenters. The minimum atomic E-state index is 0. The van der Waals surface area contributed by atoms with Gasteiger partial charge in [-0.1, -0.05) is 19.8 Å². The number of amides is 1. The molecule has 0 aliphatic carbocycles. The van der Waals surface area contributed by atoms with Gasteiger partial charge >= 0.3 is 0 Å². The molecule has 3 rings (SSSR count). The summed E-state index contributed by atoms with van der Waals surface area (Å²) in [6, 6.07) is 7.98. The van der Waals surface area contributed by atoms with Crippen LogP contribution in [0.4, 0.5) is 0 Å². The van der Waals surface area contributed by atoms with E-state index >= 15 is 0 Å². The van der Waals surface area contributed by atoms with Gasteiger partial charge < -0.3 is 15.0 Å². The maximum Gasteiger partial charge on any atom is 0.223 e. The van der Waals surface area contributed by atoms with Crippen molar-refractivity contribution in [2.24, 2.45) is 0 Å². The fraction of sp³-hybridized carbons (Fsp3) is 0.636. The molecule has 1 aromatic rings. The molecule has 2 aliphatic rings. The highest BCUT2D eigenvalue weighted by Gasteiger charge is 2.37. The van der Waals surface area contributed by atoms with Gasteiger partial charge in [-0.15, -0.1) is 12.4 Å². The zero-order chi connectivity index (χ0) is 19.1. The first-order valence-corrected chi connectivity index (χ1v) is 10.5. The molecule has 0 radical (unpaired) electrons. The summed E-state index contributed by atoms with van der Waals surface area (Å²) in [5.41, 5.74) is 0.657. The predicted octanol–water partition coefficient (Wildman–Crippen LogP) is 3.99. The van der Waals surface area contributed by atoms with E-state index in [1.54, 1.807) is 0 Å². The molecular formula is C22H33ClN2O3. The number of benzene rings is 1. The molecule has 2 atom stereocenters. The number of fused-ring (bicyclic) bond motifs is 2. The molecule has 1 amide bonds. The van der Waals surface area contributed by atoms with Gasteiger partial charge in [0.2, 0.25) is 5.91 Å². The van der Waals surface area contributed by atoms with Crippen molar-refractivity contribution < 1.29 is 14.3 Å². The second-order valence-corrected chi connectivity index (χ2v) is 7.68. The maximum absolute atomic E-state index is 12.7. The zero-order valence-corrected chi connectivity index (χ0v) is 17.6. The fourth-order valence-electron chi connectivity index (χ4n) is 4.16. The Kier molecular flexibility index (Phi) is 9.26. The van der Waals surface area contributed by atoms with Crippen LogP contribution in [-0.4, -0.2) is 48.4 Å². The van der Waals surface area contributed by atoms with E-state index in [9.17, 15) is 9.59 Å². The number of halogens is 1. The average molecular weight is 409 g/mol. The molecule has 1 N–H and O–H groups in total. The summed E-state index contributed by atoms with van der Waals surface area (Å²) >= 11 is 0. The summed E-state index contributed by atoms with van der Waals surface area (Å²) < 4.78 is 5.68. The molecular weight excluding hydrogens is 376 g/mol. The number of Topliss-reactive ketones (excluding diaryl/α,β-unsaturated/α-hetero) is 1. The number of rotatable bonds is 9. The first-order chi connectivity index (χ1) is 13.2. The third-order valence-corrected chi connectivity index (χ3v) is 5.70. The molecule has 2 bridgehead atoms. The van der Waals surface area contributed by atoms with E-state index in [0.717, 1.165) is 44.5 Å². The van der Waals surface area contributed by atoms with Gasteiger partial charge in [0.1, 0.15) is 5.75 Å². The molecule has 156 valence electrons. The Balaban J connectivity index is 0.00000280. The van der Waals surface area contributed by atoms with Crippen LogP contribution >= 0.6 is 12.4 Å². The summed E-state index contributed by atoms with van der Waals surface area (Å²) in [6.45, 7) is 4.75. The monoisotopic (exact) mass is 408 g/mol. The molecule has 0 aromatic heterocycles. The van der Waals surface area contributed by atoms with E-state index in [2.05, 4.69) is 17.1 Å². The van der Waals surface area contributed by atoms with E-state index in [0.29, 0.717) is 30.7 Å². The van der Waals surface area contributed by atoms with Gasteiger partial charge in [-0.05, 0) is 56.5 Å². The van der Waals surface area contributed by atoms with Crippen molar-refractivity contribution in [1.29, 1.82) is 0 Å². The van der Waals surface area contributed by atoms with E-state index in [1.807, 2.05) is 24.3 Å². The SMILES string of the molecule is CCCCCOc1ccc(C(=O)CCC(=O)N2C3CCNCC2CC3)cc1.Cl. The number of ether oxygens (including phenoxy) is 1. The zero-order valence-electron chi connectivity index (χ0n) is 16.8. The summed E-state index contributed by atoms with van der Waals surface area (Å²) in [5, 5.41) is 3.41. The number of nitrogens with one attached hydrogen (secondary N) is 1. The Bertz CT molecular complexity index is 621. The second-order valence-electron chi connectivity index (χ2n) is 7.68. The van der Waals surface area contributed by atoms with Crippen LogP contribution in [0, 0.1) is 0 Å². The summed E-state index contributed by atoms with van der Waals surface area (Å²) in [7, 11) is 0. The lowest BCUT2D eigenvalue weighted by Crippen LogP contribution is -2.42. The van der Waals surface area contributed by atoms with E-state index in [4.69, 9.17) is 4.74 Å². The summed E-state index contributed by atoms with van der Waals surface area (Å²) in [5.74, 6) is 0.962. The number of ketones is 1. The highest BCUT2D eigenvalue weighted by molar-refractivity contribution is 5.98. The fourth-order valence-corrected chi connectivity index (χ4v) is 4.16. The highest BCUT2D eigenvalue weighted by Crippen LogP contribution is 2.29. The van der Waals surface area contributed by atoms with Crippen LogP contribution in [-0.2, 0) is 4.79 Å². The number of hydrogen-bond acceptors (Lipinski definition) is 4. The molecule has 28 heavy (non-hydrogen) atoms. The second kappa shape index (κ2) is 11.4. The third kappa shape index (κ3) is 5.95. The van der Waals surface area contributed by atoms with Crippen molar-refractivity contribution in [1.82, 2.24) is 10.2 Å². The molecule has 2 saturated heterocycles. The molecule has 2 heterocycles. The Morgan fingerprint density at radius 1 is 1.07 bits per heavy atom. The van der Waals surface area contributed by atoms with Crippen molar-refractivity contribution in [3.8, 4) is 5.75 Å². The Morgan fingerprint density at radius 3 is 2.57 bits per heavy atom. The predicted molar refractivity (Wildman–Crippen MR) is 113 cm³/mol. The van der Waals surface area contributed by atoms with Crippen LogP contribution in [0.5, 0.6) is 5.75 Å². The van der Waals surface area contributed by atoms with E-state index in [1.165, 1.54) is 12.8 Å². The smallest absolute Gasteiger partial charge is 0.223 e. The summed E-state index contributed by atoms with van der Waals surface area (Å²) in [6.07, 6.45) is 7.18. The Morgan fingerprint density at radius 2 is 1.82 bits per heavy atom. The van der Waals surface area contributed by atoms with Crippen molar-refractivity contribution >= 4 is 24.1 Å². The number of unbranched alkanes of at least 4 members (excludes halogenated alkanes) is 2. The normalized spacial score (nSPS) is 21.0. The van der Waals surface area contributed by atoms with Crippen molar-refractivity contribution in [2.45, 2.75) is 70.4 Å². The first-order valence-electron chi connectivity index (χ1n) is 10.5. The Hall–Kier alpha value is -1.59. The highest BCUT2D eigenvalue weighted by atomic mass is 35.5. The van der Waals surface area contributed by atoms with Gasteiger partial charge in [-0.25, -0.2) is 0 Å². The average Bonchev–Trinajstić information content (AvgIpc) is 2.96. The van der Waals surface area contributed by atoms with Crippen molar-refractivity contribution in [3.63, 3.8) is 0 Å². The van der Waals surface area contributed by atoms with Crippen LogP contribution in [0.1, 0.15) is 68.6 Å². The van der Waals surface area contributed by atoms with Crippen LogP contribution in [0.25, 0.3) is 0 Å². The van der Waals surface area contributed by atoms with Crippen LogP contribution < -0.4 is 10.1 Å². The van der Waals surface area contributed by atoms with E-state index in [-0.39, 0.29) is 30.5 Å². The van der Waals surface area contributed by atoms with Crippen LogP contribution in [0.3, 0.4) is 0 Å². The van der Waals surface area contributed by atoms with Gasteiger partial charge in [0.15, 0.2) is 5.78 Å². The third-order valence-electron chi connectivity index (χ3n) is 5.70. The molecule has 2 fully saturated rings. The molecule has 2 aliphatic heterocycles. The molecule has 5 nitrogen and oxygen atoms in total. The lowest BCUT2D eigenvalue weighted by molar-refractivity contribution is -0.133. The van der Waals surface area contributed by atoms with Gasteiger partial charge in [0.05, 0.1) is 6.61 Å². The molecule has 0 spiro atoms. The lowest BCUT2D eigenvalue weighted by atomic mass is 10.1. The van der Waals surface area contributed by atoms with E-state index < -0.39 is 0 Å². The number of carbonyl (C=O) groups excluding carboxylic acids is 2. The van der Waals surface area contributed by atoms with Crippen LogP contribution in [0.15, 0.2) is 24.3 Å². The summed E-state index contributed by atoms with van der Waals surface area (Å²) in [4.78, 5) is 27.2. The standard InChI is InChI=1S/C22H32N2O3.ClH/c1-2-3-4-15-27-20-9-5-17(6-10-20)21(25)11-12-22(26)24-18-7-8-19(24)16-23-14-13-18;/h5-6,9-10,18-19,23H,2-4,7-8,11-16H2,1H3;1H. The Labute approximate surface area is 174 Å². The molecule has 0 saturated carbocycles. The van der Waals surface area contributed by atoms with Gasteiger partial charge in [0, 0.05) is 37.0 Å². The minimum absolute atomic E-state index is 0. The number of nitrogens with zero attached hydrogens (tertiary/aromatic N) is 1. The van der Waals surface area contributed by atoms with Crippen molar-refractivity contribution in [3.05, 3.63) is 29.8 Å². The van der Waals surface area contributed by atoms with Gasteiger partial charge in [0.25, 0.3) is 0 Å².